The van der Waals surface area contributed by atoms with E-state index in [1.807, 2.05) is 25.2 Å². The van der Waals surface area contributed by atoms with Crippen LogP contribution in [-0.4, -0.2) is 30.2 Å². The number of hydrogen-bond donors (Lipinski definition) is 1. The maximum atomic E-state index is 4.39. The van der Waals surface area contributed by atoms with Gasteiger partial charge in [0, 0.05) is 27.7 Å². The summed E-state index contributed by atoms with van der Waals surface area (Å²) in [5.41, 5.74) is 1.62. The minimum absolute atomic E-state index is 0.397. The van der Waals surface area contributed by atoms with Gasteiger partial charge in [0.05, 0.1) is 11.9 Å². The molecule has 17 heavy (non-hydrogen) atoms. The summed E-state index contributed by atoms with van der Waals surface area (Å²) in [5, 5.41) is 3.47. The van der Waals surface area contributed by atoms with Crippen LogP contribution >= 0.6 is 0 Å². The van der Waals surface area contributed by atoms with E-state index in [0.717, 1.165) is 19.0 Å². The molecular formula is C13H26N4. The van der Waals surface area contributed by atoms with Gasteiger partial charge >= 0.3 is 0 Å². The van der Waals surface area contributed by atoms with Gasteiger partial charge in [-0.3, -0.25) is 0 Å². The highest BCUT2D eigenvalue weighted by Crippen LogP contribution is 2.17. The van der Waals surface area contributed by atoms with Crippen molar-refractivity contribution >= 4 is 5.95 Å². The second kappa shape index (κ2) is 5.54. The smallest absolute Gasteiger partial charge is 0.204 e. The summed E-state index contributed by atoms with van der Waals surface area (Å²) in [4.78, 5) is 6.42. The Balaban J connectivity index is 2.43. The number of imidazole rings is 1. The van der Waals surface area contributed by atoms with Crippen molar-refractivity contribution < 1.29 is 0 Å². The molecule has 0 aliphatic carbocycles. The van der Waals surface area contributed by atoms with Crippen LogP contribution in [0.3, 0.4) is 0 Å². The standard InChI is InChI=1S/C13H26N4/c1-13(2,3)7-8-14-9-11-10-15-12(16(4)5)17(11)6/h10,14H,7-9H2,1-6H3. The molecule has 4 nitrogen and oxygen atoms in total. The molecule has 1 heterocycles. The van der Waals surface area contributed by atoms with E-state index in [4.69, 9.17) is 0 Å². The molecule has 1 rings (SSSR count). The quantitative estimate of drug-likeness (QED) is 0.797. The van der Waals surface area contributed by atoms with Crippen LogP contribution in [0, 0.1) is 5.41 Å². The zero-order valence-corrected chi connectivity index (χ0v) is 12.0. The molecule has 0 amide bonds. The van der Waals surface area contributed by atoms with Crippen LogP contribution in [-0.2, 0) is 13.6 Å². The van der Waals surface area contributed by atoms with E-state index < -0.39 is 0 Å². The molecule has 0 radical (unpaired) electrons. The third kappa shape index (κ3) is 4.38. The zero-order valence-electron chi connectivity index (χ0n) is 12.0. The van der Waals surface area contributed by atoms with E-state index in [-0.39, 0.29) is 0 Å². The first kappa shape index (κ1) is 14.0. The average molecular weight is 238 g/mol. The van der Waals surface area contributed by atoms with Gasteiger partial charge in [-0.15, -0.1) is 0 Å². The Morgan fingerprint density at radius 3 is 2.47 bits per heavy atom. The highest BCUT2D eigenvalue weighted by atomic mass is 15.3. The largest absolute Gasteiger partial charge is 0.348 e. The summed E-state index contributed by atoms with van der Waals surface area (Å²) < 4.78 is 2.13. The van der Waals surface area contributed by atoms with Crippen molar-refractivity contribution in [3.05, 3.63) is 11.9 Å². The lowest BCUT2D eigenvalue weighted by molar-refractivity contribution is 0.366. The molecule has 0 aliphatic rings. The van der Waals surface area contributed by atoms with Crippen molar-refractivity contribution in [3.63, 3.8) is 0 Å². The predicted octanol–water partition coefficient (Wildman–Crippen LogP) is 2.01. The van der Waals surface area contributed by atoms with E-state index in [1.165, 1.54) is 12.1 Å². The minimum atomic E-state index is 0.397. The SMILES string of the molecule is CN(C)c1ncc(CNCCC(C)(C)C)n1C. The average Bonchev–Trinajstić information content (AvgIpc) is 2.53. The third-order valence-electron chi connectivity index (χ3n) is 2.82. The summed E-state index contributed by atoms with van der Waals surface area (Å²) in [6, 6.07) is 0. The number of nitrogens with one attached hydrogen (secondary N) is 1. The molecule has 0 spiro atoms. The monoisotopic (exact) mass is 238 g/mol. The van der Waals surface area contributed by atoms with Crippen molar-refractivity contribution in [3.8, 4) is 0 Å². The Hall–Kier alpha value is -1.03. The number of rotatable bonds is 5. The van der Waals surface area contributed by atoms with Crippen molar-refractivity contribution in [1.29, 1.82) is 0 Å². The lowest BCUT2D eigenvalue weighted by Crippen LogP contribution is -2.22. The number of anilines is 1. The number of hydrogen-bond acceptors (Lipinski definition) is 3. The molecule has 0 fully saturated rings. The molecule has 98 valence electrons. The molecule has 0 atom stereocenters. The first-order valence-electron chi connectivity index (χ1n) is 6.20. The third-order valence-corrected chi connectivity index (χ3v) is 2.82. The van der Waals surface area contributed by atoms with Gasteiger partial charge < -0.3 is 14.8 Å². The van der Waals surface area contributed by atoms with Gasteiger partial charge in [0.1, 0.15) is 0 Å². The number of aromatic nitrogens is 2. The van der Waals surface area contributed by atoms with Crippen LogP contribution < -0.4 is 10.2 Å². The van der Waals surface area contributed by atoms with Crippen molar-refractivity contribution in [2.45, 2.75) is 33.7 Å². The molecule has 0 bridgehead atoms. The van der Waals surface area contributed by atoms with Gasteiger partial charge in [-0.1, -0.05) is 20.8 Å². The van der Waals surface area contributed by atoms with Crippen LogP contribution in [0.25, 0.3) is 0 Å². The van der Waals surface area contributed by atoms with Gasteiger partial charge in [0.2, 0.25) is 5.95 Å². The second-order valence-corrected chi connectivity index (χ2v) is 5.99. The molecule has 0 unspecified atom stereocenters. The fraction of sp³-hybridized carbons (Fsp3) is 0.769. The van der Waals surface area contributed by atoms with Gasteiger partial charge in [-0.05, 0) is 18.4 Å². The molecule has 1 aromatic rings. The van der Waals surface area contributed by atoms with E-state index in [9.17, 15) is 0 Å². The highest BCUT2D eigenvalue weighted by Gasteiger charge is 2.10. The Kier molecular flexibility index (Phi) is 4.57. The van der Waals surface area contributed by atoms with Gasteiger partial charge in [-0.25, -0.2) is 4.98 Å². The summed E-state index contributed by atoms with van der Waals surface area (Å²) in [6.07, 6.45) is 3.13. The first-order valence-corrected chi connectivity index (χ1v) is 6.20. The van der Waals surface area contributed by atoms with E-state index >= 15 is 0 Å². The fourth-order valence-electron chi connectivity index (χ4n) is 1.69. The van der Waals surface area contributed by atoms with E-state index in [0.29, 0.717) is 5.41 Å². The molecule has 0 saturated heterocycles. The van der Waals surface area contributed by atoms with Crippen LogP contribution in [0.2, 0.25) is 0 Å². The predicted molar refractivity (Wildman–Crippen MR) is 73.3 cm³/mol. The Labute approximate surface area is 105 Å². The Bertz CT molecular complexity index is 347. The van der Waals surface area contributed by atoms with E-state index in [1.54, 1.807) is 0 Å². The maximum absolute atomic E-state index is 4.39. The van der Waals surface area contributed by atoms with Crippen LogP contribution in [0.15, 0.2) is 6.20 Å². The van der Waals surface area contributed by atoms with Gasteiger partial charge in [0.25, 0.3) is 0 Å². The van der Waals surface area contributed by atoms with Crippen molar-refractivity contribution in [2.75, 3.05) is 25.5 Å². The summed E-state index contributed by atoms with van der Waals surface area (Å²) in [5.74, 6) is 0.998. The normalized spacial score (nSPS) is 11.9. The summed E-state index contributed by atoms with van der Waals surface area (Å²) >= 11 is 0. The van der Waals surface area contributed by atoms with Crippen LogP contribution in [0.5, 0.6) is 0 Å². The Morgan fingerprint density at radius 2 is 2.00 bits per heavy atom. The zero-order chi connectivity index (χ0) is 13.1. The van der Waals surface area contributed by atoms with Crippen LogP contribution in [0.4, 0.5) is 5.95 Å². The van der Waals surface area contributed by atoms with Gasteiger partial charge in [0.15, 0.2) is 0 Å². The second-order valence-electron chi connectivity index (χ2n) is 5.99. The van der Waals surface area contributed by atoms with Crippen molar-refractivity contribution in [1.82, 2.24) is 14.9 Å². The molecule has 0 aliphatic heterocycles. The topological polar surface area (TPSA) is 33.1 Å². The molecule has 4 heteroatoms. The molecule has 0 aromatic carbocycles. The highest BCUT2D eigenvalue weighted by molar-refractivity contribution is 5.30. The maximum Gasteiger partial charge on any atom is 0.204 e. The van der Waals surface area contributed by atoms with Crippen molar-refractivity contribution in [2.24, 2.45) is 12.5 Å². The van der Waals surface area contributed by atoms with Crippen LogP contribution in [0.1, 0.15) is 32.9 Å². The minimum Gasteiger partial charge on any atom is -0.348 e. The summed E-state index contributed by atoms with van der Waals surface area (Å²) in [7, 11) is 6.08. The van der Waals surface area contributed by atoms with E-state index in [2.05, 4.69) is 42.7 Å². The lowest BCUT2D eigenvalue weighted by Gasteiger charge is -2.18. The summed E-state index contributed by atoms with van der Waals surface area (Å²) in [6.45, 7) is 8.73. The lowest BCUT2D eigenvalue weighted by atomic mass is 9.92. The fourth-order valence-corrected chi connectivity index (χ4v) is 1.69. The molecular weight excluding hydrogens is 212 g/mol. The molecule has 1 N–H and O–H groups in total. The molecule has 0 saturated carbocycles. The molecule has 1 aromatic heterocycles. The number of nitrogens with zero attached hydrogens (tertiary/aromatic N) is 3. The Morgan fingerprint density at radius 1 is 1.35 bits per heavy atom. The first-order chi connectivity index (χ1) is 7.81. The van der Waals surface area contributed by atoms with Gasteiger partial charge in [-0.2, -0.15) is 0 Å².